The summed E-state index contributed by atoms with van der Waals surface area (Å²) in [7, 11) is 1.84. The van der Waals surface area contributed by atoms with Crippen molar-refractivity contribution in [1.29, 1.82) is 0 Å². The zero-order chi connectivity index (χ0) is 12.3. The second kappa shape index (κ2) is 4.91. The van der Waals surface area contributed by atoms with Crippen LogP contribution in [0.4, 0.5) is 0 Å². The Bertz CT molecular complexity index is 389. The van der Waals surface area contributed by atoms with E-state index in [2.05, 4.69) is 5.10 Å². The quantitative estimate of drug-likeness (QED) is 0.806. The molecule has 90 valence electrons. The fraction of sp³-hybridized carbons (Fsp3) is 0.636. The molecule has 0 aliphatic carbocycles. The first kappa shape index (κ1) is 13.1. The molecule has 16 heavy (non-hydrogen) atoms. The van der Waals surface area contributed by atoms with Crippen LogP contribution in [0.25, 0.3) is 0 Å². The summed E-state index contributed by atoms with van der Waals surface area (Å²) < 4.78 is 0.964. The number of carboxylic acids is 1. The van der Waals surface area contributed by atoms with Crippen molar-refractivity contribution >= 4 is 17.7 Å². The zero-order valence-corrected chi connectivity index (χ0v) is 11.0. The molecule has 0 spiro atoms. The van der Waals surface area contributed by atoms with Crippen LogP contribution in [0.15, 0.2) is 11.1 Å². The number of aliphatic carboxylic acids is 1. The van der Waals surface area contributed by atoms with E-state index in [9.17, 15) is 9.90 Å². The number of thioether (sulfide) groups is 1. The van der Waals surface area contributed by atoms with E-state index < -0.39 is 10.7 Å². The molecule has 1 heterocycles. The van der Waals surface area contributed by atoms with E-state index >= 15 is 0 Å². The lowest BCUT2D eigenvalue weighted by atomic mass is 10.1. The average Bonchev–Trinajstić information content (AvgIpc) is 2.45. The molecule has 1 rings (SSSR count). The molecule has 0 aromatic carbocycles. The maximum absolute atomic E-state index is 11.3. The Balaban J connectivity index is 2.92. The average molecular weight is 242 g/mol. The van der Waals surface area contributed by atoms with Gasteiger partial charge in [0, 0.05) is 7.05 Å². The topological polar surface area (TPSA) is 55.1 Å². The van der Waals surface area contributed by atoms with Gasteiger partial charge >= 0.3 is 5.97 Å². The van der Waals surface area contributed by atoms with Crippen LogP contribution < -0.4 is 0 Å². The number of aryl methyl sites for hydroxylation is 2. The van der Waals surface area contributed by atoms with Gasteiger partial charge in [0.1, 0.15) is 4.75 Å². The Hall–Kier alpha value is -0.970. The monoisotopic (exact) mass is 242 g/mol. The van der Waals surface area contributed by atoms with Crippen molar-refractivity contribution < 1.29 is 9.90 Å². The molecule has 0 aliphatic rings. The summed E-state index contributed by atoms with van der Waals surface area (Å²) >= 11 is 1.37. The molecule has 0 bridgehead atoms. The van der Waals surface area contributed by atoms with E-state index in [0.29, 0.717) is 6.42 Å². The van der Waals surface area contributed by atoms with Crippen molar-refractivity contribution in [2.24, 2.45) is 7.05 Å². The second-order valence-corrected chi connectivity index (χ2v) is 5.66. The van der Waals surface area contributed by atoms with E-state index in [1.165, 1.54) is 11.8 Å². The molecule has 4 nitrogen and oxygen atoms in total. The van der Waals surface area contributed by atoms with Gasteiger partial charge in [-0.15, -0.1) is 0 Å². The van der Waals surface area contributed by atoms with Crippen molar-refractivity contribution in [2.75, 3.05) is 0 Å². The minimum atomic E-state index is -0.769. The van der Waals surface area contributed by atoms with Gasteiger partial charge in [0.05, 0.1) is 10.7 Å². The standard InChI is InChI=1S/C11H18N2O2S/c1-5-6-11(3,10(14)15)16-9-7-8(2)12-13(9)4/h7H,5-6H2,1-4H3,(H,14,15). The summed E-state index contributed by atoms with van der Waals surface area (Å²) in [5.41, 5.74) is 0.911. The number of hydrogen-bond acceptors (Lipinski definition) is 3. The van der Waals surface area contributed by atoms with Crippen LogP contribution in [-0.4, -0.2) is 25.6 Å². The fourth-order valence-electron chi connectivity index (χ4n) is 1.59. The predicted molar refractivity (Wildman–Crippen MR) is 64.8 cm³/mol. The third-order valence-corrected chi connectivity index (χ3v) is 3.89. The van der Waals surface area contributed by atoms with Gasteiger partial charge in [-0.1, -0.05) is 25.1 Å². The lowest BCUT2D eigenvalue weighted by Crippen LogP contribution is -2.31. The minimum Gasteiger partial charge on any atom is -0.480 e. The summed E-state index contributed by atoms with van der Waals surface area (Å²) in [5, 5.41) is 14.4. The third-order valence-electron chi connectivity index (χ3n) is 2.47. The summed E-state index contributed by atoms with van der Waals surface area (Å²) in [6.45, 7) is 5.67. The van der Waals surface area contributed by atoms with Gasteiger partial charge in [-0.3, -0.25) is 9.48 Å². The lowest BCUT2D eigenvalue weighted by Gasteiger charge is -2.23. The van der Waals surface area contributed by atoms with Crippen LogP contribution in [0.2, 0.25) is 0 Å². The molecule has 1 unspecified atom stereocenters. The predicted octanol–water partition coefficient (Wildman–Crippen LogP) is 2.46. The maximum atomic E-state index is 11.3. The van der Waals surface area contributed by atoms with E-state index in [0.717, 1.165) is 17.1 Å². The van der Waals surface area contributed by atoms with Gasteiger partial charge < -0.3 is 5.11 Å². The second-order valence-electron chi connectivity index (χ2n) is 4.14. The summed E-state index contributed by atoms with van der Waals surface area (Å²) in [6, 6.07) is 1.92. The summed E-state index contributed by atoms with van der Waals surface area (Å²) in [6.07, 6.45) is 1.50. The van der Waals surface area contributed by atoms with Crippen molar-refractivity contribution in [3.8, 4) is 0 Å². The summed E-state index contributed by atoms with van der Waals surface area (Å²) in [4.78, 5) is 11.3. The highest BCUT2D eigenvalue weighted by Crippen LogP contribution is 2.36. The van der Waals surface area contributed by atoms with Crippen molar-refractivity contribution in [3.63, 3.8) is 0 Å². The molecular weight excluding hydrogens is 224 g/mol. The van der Waals surface area contributed by atoms with Crippen molar-refractivity contribution in [1.82, 2.24) is 9.78 Å². The van der Waals surface area contributed by atoms with E-state index in [1.807, 2.05) is 27.0 Å². The molecule has 0 saturated carbocycles. The number of hydrogen-bond donors (Lipinski definition) is 1. The molecule has 0 amide bonds. The first-order chi connectivity index (χ1) is 7.39. The smallest absolute Gasteiger partial charge is 0.319 e. The third kappa shape index (κ3) is 2.78. The molecule has 1 aromatic rings. The normalized spacial score (nSPS) is 14.8. The molecule has 1 N–H and O–H groups in total. The van der Waals surface area contributed by atoms with Crippen LogP contribution in [0.1, 0.15) is 32.4 Å². The Kier molecular flexibility index (Phi) is 4.02. The largest absolute Gasteiger partial charge is 0.480 e. The Morgan fingerprint density at radius 3 is 2.69 bits per heavy atom. The van der Waals surface area contributed by atoms with Crippen LogP contribution >= 0.6 is 11.8 Å². The number of rotatable bonds is 5. The maximum Gasteiger partial charge on any atom is 0.319 e. The molecule has 0 fully saturated rings. The molecule has 0 saturated heterocycles. The van der Waals surface area contributed by atoms with Crippen molar-refractivity contribution in [2.45, 2.75) is 43.4 Å². The van der Waals surface area contributed by atoms with Gasteiger partial charge in [-0.2, -0.15) is 5.10 Å². The molecular formula is C11H18N2O2S. The van der Waals surface area contributed by atoms with Gasteiger partial charge in [-0.25, -0.2) is 0 Å². The Labute approximate surface area is 100 Å². The van der Waals surface area contributed by atoms with E-state index in [1.54, 1.807) is 11.6 Å². The molecule has 1 atom stereocenters. The number of carboxylic acid groups (broad SMARTS) is 1. The molecule has 1 aromatic heterocycles. The minimum absolute atomic E-state index is 0.650. The van der Waals surface area contributed by atoms with Crippen LogP contribution in [-0.2, 0) is 11.8 Å². The molecule has 0 radical (unpaired) electrons. The fourth-order valence-corrected chi connectivity index (χ4v) is 2.85. The van der Waals surface area contributed by atoms with Gasteiger partial charge in [0.2, 0.25) is 0 Å². The summed E-state index contributed by atoms with van der Waals surface area (Å²) in [5.74, 6) is -0.766. The van der Waals surface area contributed by atoms with Crippen molar-refractivity contribution in [3.05, 3.63) is 11.8 Å². The number of nitrogens with zero attached hydrogens (tertiary/aromatic N) is 2. The van der Waals surface area contributed by atoms with Crippen LogP contribution in [0, 0.1) is 6.92 Å². The van der Waals surface area contributed by atoms with Gasteiger partial charge in [0.25, 0.3) is 0 Å². The highest BCUT2D eigenvalue weighted by atomic mass is 32.2. The highest BCUT2D eigenvalue weighted by molar-refractivity contribution is 8.01. The SMILES string of the molecule is CCCC(C)(Sc1cc(C)nn1C)C(=O)O. The van der Waals surface area contributed by atoms with Crippen LogP contribution in [0.5, 0.6) is 0 Å². The van der Waals surface area contributed by atoms with Gasteiger partial charge in [-0.05, 0) is 26.3 Å². The molecule has 5 heteroatoms. The number of carbonyl (C=O) groups is 1. The number of aromatic nitrogens is 2. The zero-order valence-electron chi connectivity index (χ0n) is 10.1. The van der Waals surface area contributed by atoms with E-state index in [-0.39, 0.29) is 0 Å². The Morgan fingerprint density at radius 1 is 1.69 bits per heavy atom. The first-order valence-electron chi connectivity index (χ1n) is 5.32. The van der Waals surface area contributed by atoms with Crippen LogP contribution in [0.3, 0.4) is 0 Å². The van der Waals surface area contributed by atoms with Gasteiger partial charge in [0.15, 0.2) is 0 Å². The van der Waals surface area contributed by atoms with E-state index in [4.69, 9.17) is 0 Å². The molecule has 0 aliphatic heterocycles. The Morgan fingerprint density at radius 2 is 2.31 bits per heavy atom. The lowest BCUT2D eigenvalue weighted by molar-refractivity contribution is -0.139. The first-order valence-corrected chi connectivity index (χ1v) is 6.13. The highest BCUT2D eigenvalue weighted by Gasteiger charge is 2.34.